The molecule has 0 aliphatic rings. The highest BCUT2D eigenvalue weighted by Crippen LogP contribution is 2.39. The van der Waals surface area contributed by atoms with Crippen LogP contribution in [0, 0.1) is 30.2 Å². The molecule has 5 nitrogen and oxygen atoms in total. The first-order valence-corrected chi connectivity index (χ1v) is 9.98. The highest BCUT2D eigenvalue weighted by atomic mass is 19.2. The maximum Gasteiger partial charge on any atom is 0.313 e. The van der Waals surface area contributed by atoms with Crippen molar-refractivity contribution in [2.24, 2.45) is 0 Å². The molecule has 9 heteroatoms. The molecule has 1 N–H and O–H groups in total. The van der Waals surface area contributed by atoms with Crippen LogP contribution in [-0.4, -0.2) is 28.2 Å². The number of fused-ring (bicyclic) bond motifs is 1. The lowest BCUT2D eigenvalue weighted by molar-refractivity contribution is -0.145. The van der Waals surface area contributed by atoms with Crippen molar-refractivity contribution in [3.05, 3.63) is 64.4 Å². The zero-order valence-electron chi connectivity index (χ0n) is 17.6. The molecule has 0 radical (unpaired) electrons. The van der Waals surface area contributed by atoms with Gasteiger partial charge in [0, 0.05) is 22.7 Å². The minimum absolute atomic E-state index is 0.0187. The van der Waals surface area contributed by atoms with Gasteiger partial charge in [0.25, 0.3) is 5.91 Å². The van der Waals surface area contributed by atoms with E-state index in [-0.39, 0.29) is 34.3 Å². The number of phenols is 1. The van der Waals surface area contributed by atoms with Gasteiger partial charge in [0.2, 0.25) is 0 Å². The molecule has 2 aromatic carbocycles. The van der Waals surface area contributed by atoms with Crippen LogP contribution >= 0.6 is 0 Å². The van der Waals surface area contributed by atoms with Crippen LogP contribution < -0.4 is 0 Å². The highest BCUT2D eigenvalue weighted by molar-refractivity contribution is 6.05. The summed E-state index contributed by atoms with van der Waals surface area (Å²) in [5.41, 5.74) is -0.459. The number of rotatable bonds is 6. The fraction of sp³-hybridized carbons (Fsp3) is 0.304. The smallest absolute Gasteiger partial charge is 0.313 e. The lowest BCUT2D eigenvalue weighted by atomic mass is 9.97. The molecule has 1 aromatic heterocycles. The zero-order chi connectivity index (χ0) is 23.7. The van der Waals surface area contributed by atoms with Crippen LogP contribution in [0.1, 0.15) is 54.2 Å². The van der Waals surface area contributed by atoms with Gasteiger partial charge in [-0.15, -0.1) is 0 Å². The molecule has 0 saturated heterocycles. The predicted molar refractivity (Wildman–Crippen MR) is 109 cm³/mol. The molecule has 3 aromatic rings. The van der Waals surface area contributed by atoms with E-state index in [0.717, 1.165) is 29.2 Å². The van der Waals surface area contributed by atoms with Crippen LogP contribution in [0.15, 0.2) is 24.3 Å². The summed E-state index contributed by atoms with van der Waals surface area (Å²) in [5, 5.41) is 9.46. The Morgan fingerprint density at radius 2 is 1.78 bits per heavy atom. The Labute approximate surface area is 181 Å². The fourth-order valence-corrected chi connectivity index (χ4v) is 3.62. The van der Waals surface area contributed by atoms with Gasteiger partial charge in [0.05, 0.1) is 18.0 Å². The summed E-state index contributed by atoms with van der Waals surface area (Å²) in [4.78, 5) is 25.7. The van der Waals surface area contributed by atoms with Crippen LogP contribution in [0.4, 0.5) is 17.6 Å². The Morgan fingerprint density at radius 3 is 2.41 bits per heavy atom. The first-order valence-electron chi connectivity index (χ1n) is 9.98. The number of aromatic hydroxyl groups is 1. The summed E-state index contributed by atoms with van der Waals surface area (Å²) in [7, 11) is 0. The molecule has 0 aliphatic carbocycles. The maximum absolute atomic E-state index is 14.9. The number of hydrogen-bond acceptors (Lipinski definition) is 4. The molecule has 0 bridgehead atoms. The van der Waals surface area contributed by atoms with Gasteiger partial charge in [-0.1, -0.05) is 13.3 Å². The van der Waals surface area contributed by atoms with Gasteiger partial charge in [-0.2, -0.15) is 0 Å². The number of ether oxygens (including phenoxy) is 1. The highest BCUT2D eigenvalue weighted by Gasteiger charge is 2.31. The van der Waals surface area contributed by atoms with E-state index < -0.39 is 46.8 Å². The Balaban J connectivity index is 2.24. The summed E-state index contributed by atoms with van der Waals surface area (Å²) in [6.45, 7) is 4.89. The van der Waals surface area contributed by atoms with E-state index in [1.165, 1.54) is 13.8 Å². The lowest BCUT2D eigenvalue weighted by Gasteiger charge is -2.13. The number of carbonyl (C=O) groups excluding carboxylic acids is 2. The average Bonchev–Trinajstić information content (AvgIpc) is 3.04. The van der Waals surface area contributed by atoms with E-state index in [4.69, 9.17) is 4.74 Å². The molecule has 32 heavy (non-hydrogen) atoms. The van der Waals surface area contributed by atoms with Crippen LogP contribution in [0.3, 0.4) is 0 Å². The van der Waals surface area contributed by atoms with Gasteiger partial charge in [-0.05, 0) is 44.0 Å². The largest absolute Gasteiger partial charge is 0.503 e. The normalized spacial score (nSPS) is 12.2. The van der Waals surface area contributed by atoms with Crippen molar-refractivity contribution in [3.8, 4) is 5.75 Å². The second-order valence-corrected chi connectivity index (χ2v) is 7.43. The minimum Gasteiger partial charge on any atom is -0.503 e. The van der Waals surface area contributed by atoms with E-state index in [2.05, 4.69) is 0 Å². The standard InChI is InChI=1S/C23H21F4NO4/c1-4-5-8-32-23(31)11(2)18-12(3)28(17-10-16(26)21(29)20(27)19(17)18)22(30)13-6-7-14(24)15(25)9-13/h6-7,9-11,29H,4-5,8H2,1-3H3/t11-/m1/s1. The van der Waals surface area contributed by atoms with Crippen molar-refractivity contribution in [3.63, 3.8) is 0 Å². The van der Waals surface area contributed by atoms with Gasteiger partial charge in [-0.25, -0.2) is 17.6 Å². The van der Waals surface area contributed by atoms with Crippen LogP contribution in [0.25, 0.3) is 10.9 Å². The summed E-state index contributed by atoms with van der Waals surface area (Å²) in [6.07, 6.45) is 1.40. The molecule has 1 atom stereocenters. The molecule has 0 fully saturated rings. The summed E-state index contributed by atoms with van der Waals surface area (Å²) >= 11 is 0. The molecule has 1 heterocycles. The van der Waals surface area contributed by atoms with Gasteiger partial charge in [0.15, 0.2) is 29.0 Å². The minimum atomic E-state index is -1.34. The molecule has 0 unspecified atom stereocenters. The molecule has 170 valence electrons. The number of nitrogens with zero attached hydrogens (tertiary/aromatic N) is 1. The Morgan fingerprint density at radius 1 is 1.09 bits per heavy atom. The summed E-state index contributed by atoms with van der Waals surface area (Å²) in [5.74, 6) is -9.01. The molecule has 3 rings (SSSR count). The second-order valence-electron chi connectivity index (χ2n) is 7.43. The number of halogens is 4. The lowest BCUT2D eigenvalue weighted by Crippen LogP contribution is -2.17. The number of unbranched alkanes of at least 4 members (excludes halogenated alkanes) is 1. The number of esters is 1. The van der Waals surface area contributed by atoms with E-state index >= 15 is 0 Å². The third-order valence-electron chi connectivity index (χ3n) is 5.31. The van der Waals surface area contributed by atoms with E-state index in [0.29, 0.717) is 12.5 Å². The summed E-state index contributed by atoms with van der Waals surface area (Å²) in [6, 6.07) is 3.20. The SMILES string of the molecule is CCCCOC(=O)[C@H](C)c1c(C)n(C(=O)c2ccc(F)c(F)c2)c2cc(F)c(O)c(F)c12. The van der Waals surface area contributed by atoms with Crippen molar-refractivity contribution in [1.29, 1.82) is 0 Å². The van der Waals surface area contributed by atoms with Gasteiger partial charge in [0.1, 0.15) is 0 Å². The van der Waals surface area contributed by atoms with Crippen molar-refractivity contribution in [2.45, 2.75) is 39.5 Å². The molecular weight excluding hydrogens is 430 g/mol. The number of carbonyl (C=O) groups is 2. The molecule has 0 aliphatic heterocycles. The topological polar surface area (TPSA) is 68.5 Å². The van der Waals surface area contributed by atoms with Crippen molar-refractivity contribution in [1.82, 2.24) is 4.57 Å². The number of aromatic nitrogens is 1. The van der Waals surface area contributed by atoms with Gasteiger partial charge in [-0.3, -0.25) is 14.2 Å². The third-order valence-corrected chi connectivity index (χ3v) is 5.31. The summed E-state index contributed by atoms with van der Waals surface area (Å²) < 4.78 is 62.2. The van der Waals surface area contributed by atoms with E-state index in [1.807, 2.05) is 6.92 Å². The number of benzene rings is 2. The Bertz CT molecular complexity index is 1220. The van der Waals surface area contributed by atoms with Crippen molar-refractivity contribution >= 4 is 22.8 Å². The van der Waals surface area contributed by atoms with Crippen molar-refractivity contribution < 1.29 is 37.0 Å². The maximum atomic E-state index is 14.9. The van der Waals surface area contributed by atoms with Gasteiger partial charge >= 0.3 is 5.97 Å². The van der Waals surface area contributed by atoms with E-state index in [1.54, 1.807) is 0 Å². The fourth-order valence-electron chi connectivity index (χ4n) is 3.62. The quantitative estimate of drug-likeness (QED) is 0.312. The first kappa shape index (κ1) is 23.3. The average molecular weight is 451 g/mol. The molecular formula is C23H21F4NO4. The van der Waals surface area contributed by atoms with Crippen LogP contribution in [-0.2, 0) is 9.53 Å². The zero-order valence-corrected chi connectivity index (χ0v) is 17.6. The predicted octanol–water partition coefficient (Wildman–Crippen LogP) is 5.35. The molecule has 0 spiro atoms. The van der Waals surface area contributed by atoms with Crippen LogP contribution in [0.2, 0.25) is 0 Å². The van der Waals surface area contributed by atoms with Crippen LogP contribution in [0.5, 0.6) is 5.75 Å². The second kappa shape index (κ2) is 9.02. The first-order chi connectivity index (χ1) is 15.1. The number of phenolic OH excluding ortho intramolecular Hbond substituents is 1. The Kier molecular flexibility index (Phi) is 6.57. The van der Waals surface area contributed by atoms with E-state index in [9.17, 15) is 32.3 Å². The third kappa shape index (κ3) is 3.94. The molecule has 0 amide bonds. The van der Waals surface area contributed by atoms with Gasteiger partial charge < -0.3 is 9.84 Å². The monoisotopic (exact) mass is 451 g/mol. The molecule has 0 saturated carbocycles. The Hall–Kier alpha value is -3.36. The number of hydrogen-bond donors (Lipinski definition) is 1. The van der Waals surface area contributed by atoms with Crippen molar-refractivity contribution in [2.75, 3.05) is 6.61 Å².